The summed E-state index contributed by atoms with van der Waals surface area (Å²) in [4.78, 5) is 2.38. The van der Waals surface area contributed by atoms with E-state index in [0.29, 0.717) is 30.3 Å². The molecule has 5 heteroatoms. The number of hydrogen-bond acceptors (Lipinski definition) is 4. The number of hydrogen-bond donors (Lipinski definition) is 1. The Labute approximate surface area is 120 Å². The Bertz CT molecular complexity index is 554. The van der Waals surface area contributed by atoms with Crippen molar-refractivity contribution in [1.82, 2.24) is 14.5 Å². The summed E-state index contributed by atoms with van der Waals surface area (Å²) in [6, 6.07) is 6.79. The lowest BCUT2D eigenvalue weighted by atomic mass is 10.2. The van der Waals surface area contributed by atoms with Crippen molar-refractivity contribution in [3.63, 3.8) is 0 Å². The Morgan fingerprint density at radius 3 is 2.55 bits per heavy atom. The summed E-state index contributed by atoms with van der Waals surface area (Å²) in [5.74, 6) is 0.517. The minimum absolute atomic E-state index is 0.497. The predicted molar refractivity (Wildman–Crippen MR) is 82.1 cm³/mol. The highest BCUT2D eigenvalue weighted by atomic mass is 16.5. The van der Waals surface area contributed by atoms with Gasteiger partial charge >= 0.3 is 0 Å². The van der Waals surface area contributed by atoms with E-state index in [9.17, 15) is 0 Å². The molecular weight excluding hydrogens is 252 g/mol. The monoisotopic (exact) mass is 276 g/mol. The molecule has 110 valence electrons. The molecule has 0 radical (unpaired) electrons. The van der Waals surface area contributed by atoms with Crippen LogP contribution >= 0.6 is 0 Å². The van der Waals surface area contributed by atoms with Crippen molar-refractivity contribution in [3.8, 4) is 5.88 Å². The zero-order chi connectivity index (χ0) is 14.7. The summed E-state index contributed by atoms with van der Waals surface area (Å²) in [6.45, 7) is 10.2. The fraction of sp³-hybridized carbons (Fsp3) is 0.533. The molecule has 0 amide bonds. The second kappa shape index (κ2) is 6.13. The normalized spacial score (nSPS) is 11.9. The van der Waals surface area contributed by atoms with Gasteiger partial charge < -0.3 is 10.5 Å². The van der Waals surface area contributed by atoms with Gasteiger partial charge in [0, 0.05) is 24.8 Å². The van der Waals surface area contributed by atoms with E-state index in [1.165, 1.54) is 0 Å². The van der Waals surface area contributed by atoms with E-state index in [4.69, 9.17) is 10.5 Å². The van der Waals surface area contributed by atoms with Crippen LogP contribution < -0.4 is 10.5 Å². The van der Waals surface area contributed by atoms with Gasteiger partial charge in [-0.15, -0.1) is 5.10 Å². The largest absolute Gasteiger partial charge is 0.474 e. The highest BCUT2D eigenvalue weighted by molar-refractivity contribution is 5.74. The maximum absolute atomic E-state index is 6.05. The smallest absolute Gasteiger partial charge is 0.257 e. The molecule has 0 spiro atoms. The number of nitrogens with zero attached hydrogens (tertiary/aromatic N) is 3. The number of fused-ring (bicyclic) bond motifs is 1. The average molecular weight is 276 g/mol. The molecule has 5 nitrogen and oxygen atoms in total. The van der Waals surface area contributed by atoms with Crippen molar-refractivity contribution in [3.05, 3.63) is 24.4 Å². The van der Waals surface area contributed by atoms with Crippen LogP contribution in [-0.4, -0.2) is 39.7 Å². The van der Waals surface area contributed by atoms with Crippen LogP contribution in [-0.2, 0) is 0 Å². The van der Waals surface area contributed by atoms with Crippen molar-refractivity contribution in [1.29, 1.82) is 0 Å². The van der Waals surface area contributed by atoms with Crippen molar-refractivity contribution >= 4 is 11.2 Å². The van der Waals surface area contributed by atoms with Gasteiger partial charge in [-0.05, 0) is 39.8 Å². The number of anilines is 1. The summed E-state index contributed by atoms with van der Waals surface area (Å²) in [5, 5.41) is 4.35. The van der Waals surface area contributed by atoms with Crippen LogP contribution in [0.25, 0.3) is 5.52 Å². The third-order valence-electron chi connectivity index (χ3n) is 3.46. The summed E-state index contributed by atoms with van der Waals surface area (Å²) < 4.78 is 7.50. The van der Waals surface area contributed by atoms with E-state index in [0.717, 1.165) is 12.1 Å². The zero-order valence-electron chi connectivity index (χ0n) is 12.7. The van der Waals surface area contributed by atoms with E-state index >= 15 is 0 Å². The lowest BCUT2D eigenvalue weighted by Gasteiger charge is -2.30. The molecule has 2 rings (SSSR count). The van der Waals surface area contributed by atoms with Gasteiger partial charge in [0.05, 0.1) is 5.52 Å². The quantitative estimate of drug-likeness (QED) is 0.880. The maximum Gasteiger partial charge on any atom is 0.257 e. The molecule has 2 aromatic rings. The zero-order valence-corrected chi connectivity index (χ0v) is 12.7. The number of nitrogen functional groups attached to an aromatic ring is 1. The standard InChI is InChI=1S/C15H24N4O/c1-11(2)18(12(3)4)9-10-20-15-14(16)13-7-5-6-8-19(13)17-15/h5-8,11-12H,9-10,16H2,1-4H3. The molecule has 2 heterocycles. The van der Waals surface area contributed by atoms with E-state index in [1.807, 2.05) is 24.4 Å². The lowest BCUT2D eigenvalue weighted by Crippen LogP contribution is -2.39. The Morgan fingerprint density at radius 2 is 1.95 bits per heavy atom. The van der Waals surface area contributed by atoms with Crippen molar-refractivity contribution in [2.75, 3.05) is 18.9 Å². The first-order chi connectivity index (χ1) is 9.50. The van der Waals surface area contributed by atoms with Gasteiger partial charge in [-0.2, -0.15) is 0 Å². The Kier molecular flexibility index (Phi) is 4.49. The van der Waals surface area contributed by atoms with Gasteiger partial charge in [0.1, 0.15) is 12.3 Å². The summed E-state index contributed by atoms with van der Waals surface area (Å²) >= 11 is 0. The molecule has 0 bridgehead atoms. The number of aromatic nitrogens is 2. The van der Waals surface area contributed by atoms with E-state index in [2.05, 4.69) is 37.7 Å². The van der Waals surface area contributed by atoms with Gasteiger partial charge in [0.15, 0.2) is 0 Å². The van der Waals surface area contributed by atoms with Gasteiger partial charge in [0.25, 0.3) is 5.88 Å². The predicted octanol–water partition coefficient (Wildman–Crippen LogP) is 2.41. The summed E-state index contributed by atoms with van der Waals surface area (Å²) in [6.07, 6.45) is 1.87. The summed E-state index contributed by atoms with van der Waals surface area (Å²) in [5.41, 5.74) is 7.54. The number of rotatable bonds is 6. The minimum Gasteiger partial charge on any atom is -0.474 e. The molecule has 2 N–H and O–H groups in total. The SMILES string of the molecule is CC(C)N(CCOc1nn2ccccc2c1N)C(C)C. The molecule has 0 aliphatic carbocycles. The Morgan fingerprint density at radius 1 is 1.25 bits per heavy atom. The van der Waals surface area contributed by atoms with Crippen molar-refractivity contribution in [2.24, 2.45) is 0 Å². The van der Waals surface area contributed by atoms with Gasteiger partial charge in [0.2, 0.25) is 0 Å². The molecule has 20 heavy (non-hydrogen) atoms. The first-order valence-electron chi connectivity index (χ1n) is 7.12. The van der Waals surface area contributed by atoms with Gasteiger partial charge in [-0.1, -0.05) is 6.07 Å². The van der Waals surface area contributed by atoms with Crippen LogP contribution in [0.3, 0.4) is 0 Å². The molecule has 0 aliphatic heterocycles. The van der Waals surface area contributed by atoms with Crippen molar-refractivity contribution < 1.29 is 4.74 Å². The third kappa shape index (κ3) is 3.04. The fourth-order valence-electron chi connectivity index (χ4n) is 2.46. The number of nitrogens with two attached hydrogens (primary N) is 1. The van der Waals surface area contributed by atoms with Crippen LogP contribution in [0.2, 0.25) is 0 Å². The Balaban J connectivity index is 2.01. The first-order valence-corrected chi connectivity index (χ1v) is 7.12. The molecule has 0 unspecified atom stereocenters. The van der Waals surface area contributed by atoms with Crippen LogP contribution in [0.4, 0.5) is 5.69 Å². The Hall–Kier alpha value is -1.75. The molecule has 2 aromatic heterocycles. The highest BCUT2D eigenvalue weighted by Gasteiger charge is 2.14. The molecule has 0 atom stereocenters. The van der Waals surface area contributed by atoms with E-state index in [-0.39, 0.29) is 0 Å². The second-order valence-electron chi connectivity index (χ2n) is 5.52. The lowest BCUT2D eigenvalue weighted by molar-refractivity contribution is 0.140. The van der Waals surface area contributed by atoms with Crippen LogP contribution in [0.1, 0.15) is 27.7 Å². The van der Waals surface area contributed by atoms with Crippen LogP contribution in [0.5, 0.6) is 5.88 Å². The maximum atomic E-state index is 6.05. The first kappa shape index (κ1) is 14.7. The molecule has 0 saturated heterocycles. The second-order valence-corrected chi connectivity index (χ2v) is 5.52. The third-order valence-corrected chi connectivity index (χ3v) is 3.46. The molecule has 0 aromatic carbocycles. The van der Waals surface area contributed by atoms with Gasteiger partial charge in [-0.25, -0.2) is 4.52 Å². The average Bonchev–Trinajstić information content (AvgIpc) is 2.71. The fourth-order valence-corrected chi connectivity index (χ4v) is 2.46. The van der Waals surface area contributed by atoms with Crippen molar-refractivity contribution in [2.45, 2.75) is 39.8 Å². The van der Waals surface area contributed by atoms with E-state index in [1.54, 1.807) is 4.52 Å². The molecule has 0 aliphatic rings. The molecular formula is C15H24N4O. The molecule has 0 fully saturated rings. The number of pyridine rings is 1. The van der Waals surface area contributed by atoms with E-state index < -0.39 is 0 Å². The topological polar surface area (TPSA) is 55.8 Å². The van der Waals surface area contributed by atoms with Crippen LogP contribution in [0, 0.1) is 0 Å². The molecule has 0 saturated carbocycles. The number of ether oxygens (including phenoxy) is 1. The highest BCUT2D eigenvalue weighted by Crippen LogP contribution is 2.24. The summed E-state index contributed by atoms with van der Waals surface area (Å²) in [7, 11) is 0. The van der Waals surface area contributed by atoms with Crippen LogP contribution in [0.15, 0.2) is 24.4 Å². The minimum atomic E-state index is 0.497. The van der Waals surface area contributed by atoms with Gasteiger partial charge in [-0.3, -0.25) is 4.90 Å².